The number of nitro benzene ring substituents is 1. The van der Waals surface area contributed by atoms with E-state index in [9.17, 15) is 27.7 Å². The Hall–Kier alpha value is -1.86. The van der Waals surface area contributed by atoms with Crippen LogP contribution < -0.4 is 0 Å². The number of aromatic hydroxyl groups is 1. The summed E-state index contributed by atoms with van der Waals surface area (Å²) in [6.45, 7) is 0. The van der Waals surface area contributed by atoms with Crippen LogP contribution in [-0.4, -0.2) is 10.0 Å². The third kappa shape index (κ3) is 1.97. The molecule has 0 aliphatic heterocycles. The van der Waals surface area contributed by atoms with Crippen molar-refractivity contribution in [2.75, 3.05) is 0 Å². The average molecular weight is 225 g/mol. The van der Waals surface area contributed by atoms with Crippen LogP contribution in [0.4, 0.5) is 23.2 Å². The van der Waals surface area contributed by atoms with Crippen molar-refractivity contribution in [3.63, 3.8) is 0 Å². The smallest absolute Gasteiger partial charge is 0.423 e. The van der Waals surface area contributed by atoms with E-state index in [1.807, 2.05) is 0 Å². The molecule has 0 spiro atoms. The van der Waals surface area contributed by atoms with Gasteiger partial charge in [0.15, 0.2) is 5.82 Å². The molecule has 0 fully saturated rings. The van der Waals surface area contributed by atoms with Crippen molar-refractivity contribution in [1.82, 2.24) is 0 Å². The van der Waals surface area contributed by atoms with E-state index in [4.69, 9.17) is 5.11 Å². The monoisotopic (exact) mass is 225 g/mol. The van der Waals surface area contributed by atoms with Gasteiger partial charge in [-0.15, -0.1) is 0 Å². The maximum absolute atomic E-state index is 12.6. The highest BCUT2D eigenvalue weighted by Crippen LogP contribution is 2.41. The predicted octanol–water partition coefficient (Wildman–Crippen LogP) is 2.46. The number of rotatable bonds is 1. The maximum atomic E-state index is 12.6. The van der Waals surface area contributed by atoms with Crippen molar-refractivity contribution >= 4 is 5.69 Å². The Morgan fingerprint density at radius 2 is 1.87 bits per heavy atom. The number of hydrogen-bond acceptors (Lipinski definition) is 3. The van der Waals surface area contributed by atoms with E-state index in [1.54, 1.807) is 0 Å². The normalized spacial score (nSPS) is 11.5. The molecule has 0 heterocycles. The fourth-order valence-electron chi connectivity index (χ4n) is 0.969. The lowest BCUT2D eigenvalue weighted by Gasteiger charge is -2.08. The first-order chi connectivity index (χ1) is 6.75. The number of phenolic OH excluding ortho intramolecular Hbond substituents is 1. The van der Waals surface area contributed by atoms with Crippen LogP contribution in [0.2, 0.25) is 0 Å². The van der Waals surface area contributed by atoms with Crippen molar-refractivity contribution in [2.24, 2.45) is 0 Å². The Bertz CT molecular complexity index is 415. The third-order valence-electron chi connectivity index (χ3n) is 1.59. The first-order valence-electron chi connectivity index (χ1n) is 3.48. The molecule has 1 rings (SSSR count). The SMILES string of the molecule is O=[N+]([O-])c1c(C(F)(F)F)ccc(F)c1O. The van der Waals surface area contributed by atoms with Gasteiger partial charge in [-0.2, -0.15) is 13.2 Å². The molecule has 0 aliphatic rings. The van der Waals surface area contributed by atoms with Crippen LogP contribution >= 0.6 is 0 Å². The van der Waals surface area contributed by atoms with E-state index in [1.165, 1.54) is 0 Å². The molecule has 1 N–H and O–H groups in total. The van der Waals surface area contributed by atoms with Gasteiger partial charge in [0.1, 0.15) is 5.56 Å². The van der Waals surface area contributed by atoms with Gasteiger partial charge in [-0.25, -0.2) is 4.39 Å². The van der Waals surface area contributed by atoms with Gasteiger partial charge in [-0.3, -0.25) is 10.1 Å². The molecule has 0 saturated heterocycles. The van der Waals surface area contributed by atoms with E-state index in [2.05, 4.69) is 0 Å². The van der Waals surface area contributed by atoms with Crippen LogP contribution in [0.1, 0.15) is 5.56 Å². The molecular formula is C7H3F4NO3. The van der Waals surface area contributed by atoms with Gasteiger partial charge in [0.25, 0.3) is 0 Å². The second-order valence-electron chi connectivity index (χ2n) is 2.55. The Morgan fingerprint density at radius 1 is 1.33 bits per heavy atom. The molecule has 0 amide bonds. The summed E-state index contributed by atoms with van der Waals surface area (Å²) in [5, 5.41) is 19.0. The van der Waals surface area contributed by atoms with Crippen LogP contribution in [0.5, 0.6) is 5.75 Å². The van der Waals surface area contributed by atoms with E-state index in [0.717, 1.165) is 0 Å². The molecular weight excluding hydrogens is 222 g/mol. The molecule has 1 aromatic rings. The topological polar surface area (TPSA) is 63.4 Å². The summed E-state index contributed by atoms with van der Waals surface area (Å²) >= 11 is 0. The molecule has 1 aromatic carbocycles. The summed E-state index contributed by atoms with van der Waals surface area (Å²) in [6, 6.07) is 0.512. The molecule has 0 atom stereocenters. The first-order valence-corrected chi connectivity index (χ1v) is 3.48. The van der Waals surface area contributed by atoms with Gasteiger partial charge >= 0.3 is 11.9 Å². The minimum atomic E-state index is -5.02. The maximum Gasteiger partial charge on any atom is 0.423 e. The van der Waals surface area contributed by atoms with E-state index in [-0.39, 0.29) is 6.07 Å². The number of phenols is 1. The minimum Gasteiger partial charge on any atom is -0.500 e. The summed E-state index contributed by atoms with van der Waals surface area (Å²) in [4.78, 5) is 8.74. The van der Waals surface area contributed by atoms with Crippen molar-refractivity contribution < 1.29 is 27.6 Å². The van der Waals surface area contributed by atoms with Gasteiger partial charge in [0, 0.05) is 0 Å². The van der Waals surface area contributed by atoms with Crippen LogP contribution in [0.15, 0.2) is 12.1 Å². The molecule has 0 bridgehead atoms. The van der Waals surface area contributed by atoms with E-state index in [0.29, 0.717) is 6.07 Å². The molecule has 15 heavy (non-hydrogen) atoms. The van der Waals surface area contributed by atoms with Crippen LogP contribution in [0, 0.1) is 15.9 Å². The summed E-state index contributed by atoms with van der Waals surface area (Å²) in [5.74, 6) is -3.09. The minimum absolute atomic E-state index is 0.202. The van der Waals surface area contributed by atoms with Crippen LogP contribution in [0.3, 0.4) is 0 Å². The predicted molar refractivity (Wildman–Crippen MR) is 39.7 cm³/mol. The van der Waals surface area contributed by atoms with Gasteiger partial charge in [0.05, 0.1) is 4.92 Å². The summed E-state index contributed by atoms with van der Waals surface area (Å²) in [5.41, 5.74) is -3.37. The molecule has 4 nitrogen and oxygen atoms in total. The van der Waals surface area contributed by atoms with Crippen LogP contribution in [0.25, 0.3) is 0 Å². The molecule has 8 heteroatoms. The lowest BCUT2D eigenvalue weighted by molar-refractivity contribution is -0.389. The lowest BCUT2D eigenvalue weighted by Crippen LogP contribution is -2.09. The molecule has 82 valence electrons. The number of halogens is 4. The summed E-state index contributed by atoms with van der Waals surface area (Å²) in [6.07, 6.45) is -5.02. The Labute approximate surface area is 79.9 Å². The van der Waals surface area contributed by atoms with Crippen molar-refractivity contribution in [3.8, 4) is 5.75 Å². The van der Waals surface area contributed by atoms with E-state index >= 15 is 0 Å². The quantitative estimate of drug-likeness (QED) is 0.453. The van der Waals surface area contributed by atoms with Gasteiger partial charge in [-0.1, -0.05) is 0 Å². The molecule has 0 unspecified atom stereocenters. The highest BCUT2D eigenvalue weighted by molar-refractivity contribution is 5.53. The zero-order valence-electron chi connectivity index (χ0n) is 6.88. The largest absolute Gasteiger partial charge is 0.500 e. The number of nitrogens with zero attached hydrogens (tertiary/aromatic N) is 1. The Balaban J connectivity index is 3.55. The van der Waals surface area contributed by atoms with Gasteiger partial charge in [-0.05, 0) is 12.1 Å². The third-order valence-corrected chi connectivity index (χ3v) is 1.59. The Morgan fingerprint density at radius 3 is 2.27 bits per heavy atom. The van der Waals surface area contributed by atoms with Gasteiger partial charge < -0.3 is 5.11 Å². The molecule has 0 saturated carbocycles. The second kappa shape index (κ2) is 3.37. The molecule has 0 aliphatic carbocycles. The number of hydrogen-bond donors (Lipinski definition) is 1. The zero-order valence-corrected chi connectivity index (χ0v) is 6.88. The first kappa shape index (κ1) is 11.2. The van der Waals surface area contributed by atoms with Crippen LogP contribution in [-0.2, 0) is 6.18 Å². The molecule has 0 aromatic heterocycles. The standard InChI is InChI=1S/C7H3F4NO3/c8-4-2-1-3(7(9,10)11)5(6(4)13)12(14)15/h1-2,13H. The highest BCUT2D eigenvalue weighted by atomic mass is 19.4. The fraction of sp³-hybridized carbons (Fsp3) is 0.143. The van der Waals surface area contributed by atoms with Gasteiger partial charge in [0.2, 0.25) is 5.75 Å². The van der Waals surface area contributed by atoms with Crippen molar-refractivity contribution in [3.05, 3.63) is 33.6 Å². The molecule has 0 radical (unpaired) electrons. The van der Waals surface area contributed by atoms with Crippen molar-refractivity contribution in [2.45, 2.75) is 6.18 Å². The highest BCUT2D eigenvalue weighted by Gasteiger charge is 2.41. The fourth-order valence-corrected chi connectivity index (χ4v) is 0.969. The number of benzene rings is 1. The average Bonchev–Trinajstić information content (AvgIpc) is 2.06. The zero-order chi connectivity index (χ0) is 11.8. The summed E-state index contributed by atoms with van der Waals surface area (Å²) < 4.78 is 49.1. The van der Waals surface area contributed by atoms with Crippen molar-refractivity contribution in [1.29, 1.82) is 0 Å². The summed E-state index contributed by atoms with van der Waals surface area (Å²) in [7, 11) is 0. The Kier molecular flexibility index (Phi) is 2.52. The number of nitro groups is 1. The van der Waals surface area contributed by atoms with E-state index < -0.39 is 33.9 Å². The second-order valence-corrected chi connectivity index (χ2v) is 2.55. The number of alkyl halides is 3. The lowest BCUT2D eigenvalue weighted by atomic mass is 10.1.